The SMILES string of the molecule is CCNC(Cc1ccn(C(CC)CC)n1)CC1CCCO1. The molecule has 120 valence electrons. The molecule has 4 nitrogen and oxygen atoms in total. The molecule has 0 bridgehead atoms. The molecule has 0 radical (unpaired) electrons. The van der Waals surface area contributed by atoms with Crippen molar-refractivity contribution in [2.75, 3.05) is 13.2 Å². The molecule has 2 heterocycles. The fourth-order valence-corrected chi connectivity index (χ4v) is 3.28. The maximum atomic E-state index is 5.78. The number of likely N-dealkylation sites (N-methyl/N-ethyl adjacent to an activating group) is 1. The Hall–Kier alpha value is -0.870. The lowest BCUT2D eigenvalue weighted by Crippen LogP contribution is -2.34. The van der Waals surface area contributed by atoms with Crippen molar-refractivity contribution in [1.29, 1.82) is 0 Å². The van der Waals surface area contributed by atoms with Crippen LogP contribution in [0.3, 0.4) is 0 Å². The van der Waals surface area contributed by atoms with E-state index in [1.807, 2.05) is 0 Å². The molecule has 0 aliphatic carbocycles. The van der Waals surface area contributed by atoms with E-state index in [1.165, 1.54) is 18.5 Å². The topological polar surface area (TPSA) is 39.1 Å². The second-order valence-corrected chi connectivity index (χ2v) is 6.09. The Morgan fingerprint density at radius 3 is 2.81 bits per heavy atom. The standard InChI is InChI=1S/C17H31N3O/c1-4-16(5-2)20-10-9-14(19-20)12-15(18-6-3)13-17-8-7-11-21-17/h9-10,15-18H,4-8,11-13H2,1-3H3. The molecule has 0 spiro atoms. The highest BCUT2D eigenvalue weighted by Crippen LogP contribution is 2.19. The summed E-state index contributed by atoms with van der Waals surface area (Å²) in [6.07, 6.45) is 9.40. The molecule has 21 heavy (non-hydrogen) atoms. The van der Waals surface area contributed by atoms with Crippen LogP contribution >= 0.6 is 0 Å². The van der Waals surface area contributed by atoms with Gasteiger partial charge in [-0.25, -0.2) is 0 Å². The van der Waals surface area contributed by atoms with Crippen LogP contribution in [0.25, 0.3) is 0 Å². The van der Waals surface area contributed by atoms with Crippen LogP contribution in [-0.2, 0) is 11.2 Å². The van der Waals surface area contributed by atoms with Gasteiger partial charge >= 0.3 is 0 Å². The van der Waals surface area contributed by atoms with Gasteiger partial charge in [0, 0.05) is 25.3 Å². The Kier molecular flexibility index (Phi) is 6.71. The number of nitrogens with one attached hydrogen (secondary N) is 1. The van der Waals surface area contributed by atoms with E-state index in [9.17, 15) is 0 Å². The number of nitrogens with zero attached hydrogens (tertiary/aromatic N) is 2. The minimum Gasteiger partial charge on any atom is -0.378 e. The van der Waals surface area contributed by atoms with E-state index in [-0.39, 0.29) is 0 Å². The number of aromatic nitrogens is 2. The zero-order chi connectivity index (χ0) is 15.1. The van der Waals surface area contributed by atoms with Crippen molar-refractivity contribution in [3.63, 3.8) is 0 Å². The summed E-state index contributed by atoms with van der Waals surface area (Å²) in [6, 6.07) is 3.19. The normalized spacial score (nSPS) is 20.3. The van der Waals surface area contributed by atoms with E-state index in [4.69, 9.17) is 9.84 Å². The molecular formula is C17H31N3O. The van der Waals surface area contributed by atoms with Crippen molar-refractivity contribution < 1.29 is 4.74 Å². The average molecular weight is 293 g/mol. The average Bonchev–Trinajstić information content (AvgIpc) is 3.13. The van der Waals surface area contributed by atoms with Gasteiger partial charge in [0.25, 0.3) is 0 Å². The zero-order valence-electron chi connectivity index (χ0n) is 13.8. The first kappa shape index (κ1) is 16.5. The molecule has 0 aromatic carbocycles. The third kappa shape index (κ3) is 4.82. The van der Waals surface area contributed by atoms with Gasteiger partial charge < -0.3 is 10.1 Å². The Morgan fingerprint density at radius 1 is 1.38 bits per heavy atom. The second kappa shape index (κ2) is 8.54. The van der Waals surface area contributed by atoms with Crippen LogP contribution in [0.2, 0.25) is 0 Å². The molecule has 1 aromatic heterocycles. The Balaban J connectivity index is 1.92. The number of ether oxygens (including phenoxy) is 1. The first-order chi connectivity index (χ1) is 10.3. The van der Waals surface area contributed by atoms with Gasteiger partial charge in [0.1, 0.15) is 0 Å². The predicted molar refractivity (Wildman–Crippen MR) is 86.6 cm³/mol. The molecule has 0 saturated carbocycles. The van der Waals surface area contributed by atoms with E-state index in [0.717, 1.165) is 38.8 Å². The summed E-state index contributed by atoms with van der Waals surface area (Å²) in [5.41, 5.74) is 1.20. The van der Waals surface area contributed by atoms with E-state index in [1.54, 1.807) is 0 Å². The molecule has 1 aliphatic heterocycles. The predicted octanol–water partition coefficient (Wildman–Crippen LogP) is 3.33. The highest BCUT2D eigenvalue weighted by atomic mass is 16.5. The molecule has 2 rings (SSSR count). The maximum Gasteiger partial charge on any atom is 0.0640 e. The van der Waals surface area contributed by atoms with Crippen LogP contribution in [0, 0.1) is 0 Å². The van der Waals surface area contributed by atoms with Gasteiger partial charge in [0.2, 0.25) is 0 Å². The number of hydrogen-bond acceptors (Lipinski definition) is 3. The summed E-state index contributed by atoms with van der Waals surface area (Å²) in [7, 11) is 0. The van der Waals surface area contributed by atoms with Crippen molar-refractivity contribution in [3.8, 4) is 0 Å². The van der Waals surface area contributed by atoms with E-state index in [2.05, 4.69) is 43.0 Å². The molecule has 0 amide bonds. The molecular weight excluding hydrogens is 262 g/mol. The summed E-state index contributed by atoms with van der Waals surface area (Å²) in [5, 5.41) is 8.38. The van der Waals surface area contributed by atoms with Gasteiger partial charge in [0.15, 0.2) is 0 Å². The summed E-state index contributed by atoms with van der Waals surface area (Å²) >= 11 is 0. The maximum absolute atomic E-state index is 5.78. The van der Waals surface area contributed by atoms with Gasteiger partial charge in [-0.15, -0.1) is 0 Å². The minimum absolute atomic E-state index is 0.440. The van der Waals surface area contributed by atoms with Gasteiger partial charge in [0.05, 0.1) is 17.8 Å². The van der Waals surface area contributed by atoms with Gasteiger partial charge in [-0.2, -0.15) is 5.10 Å². The smallest absolute Gasteiger partial charge is 0.0640 e. The highest BCUT2D eigenvalue weighted by Gasteiger charge is 2.21. The van der Waals surface area contributed by atoms with Crippen LogP contribution < -0.4 is 5.32 Å². The summed E-state index contributed by atoms with van der Waals surface area (Å²) in [4.78, 5) is 0. The van der Waals surface area contributed by atoms with Crippen molar-refractivity contribution in [2.45, 2.75) is 77.5 Å². The Labute approximate surface area is 129 Å². The number of hydrogen-bond donors (Lipinski definition) is 1. The molecule has 1 aliphatic rings. The first-order valence-electron chi connectivity index (χ1n) is 8.65. The van der Waals surface area contributed by atoms with Crippen molar-refractivity contribution >= 4 is 0 Å². The largest absolute Gasteiger partial charge is 0.378 e. The van der Waals surface area contributed by atoms with Crippen LogP contribution in [0.5, 0.6) is 0 Å². The third-order valence-corrected chi connectivity index (χ3v) is 4.50. The Bertz CT molecular complexity index is 394. The quantitative estimate of drug-likeness (QED) is 0.759. The first-order valence-corrected chi connectivity index (χ1v) is 8.65. The van der Waals surface area contributed by atoms with E-state index in [0.29, 0.717) is 18.2 Å². The summed E-state index contributed by atoms with van der Waals surface area (Å²) < 4.78 is 7.92. The second-order valence-electron chi connectivity index (χ2n) is 6.09. The fourth-order valence-electron chi connectivity index (χ4n) is 3.28. The summed E-state index contributed by atoms with van der Waals surface area (Å²) in [6.45, 7) is 8.57. The third-order valence-electron chi connectivity index (χ3n) is 4.50. The van der Waals surface area contributed by atoms with Crippen molar-refractivity contribution in [1.82, 2.24) is 15.1 Å². The molecule has 1 N–H and O–H groups in total. The van der Waals surface area contributed by atoms with Gasteiger partial charge in [-0.3, -0.25) is 4.68 Å². The van der Waals surface area contributed by atoms with Crippen LogP contribution in [0.1, 0.15) is 64.6 Å². The minimum atomic E-state index is 0.440. The lowest BCUT2D eigenvalue weighted by Gasteiger charge is -2.20. The molecule has 1 fully saturated rings. The lowest BCUT2D eigenvalue weighted by molar-refractivity contribution is 0.0946. The molecule has 2 atom stereocenters. The lowest BCUT2D eigenvalue weighted by atomic mass is 10.0. The molecule has 2 unspecified atom stereocenters. The fraction of sp³-hybridized carbons (Fsp3) is 0.824. The van der Waals surface area contributed by atoms with Crippen LogP contribution in [0.4, 0.5) is 0 Å². The van der Waals surface area contributed by atoms with Gasteiger partial charge in [-0.05, 0) is 44.7 Å². The molecule has 4 heteroatoms. The van der Waals surface area contributed by atoms with Gasteiger partial charge in [-0.1, -0.05) is 20.8 Å². The summed E-state index contributed by atoms with van der Waals surface area (Å²) in [5.74, 6) is 0. The monoisotopic (exact) mass is 293 g/mol. The Morgan fingerprint density at radius 2 is 2.19 bits per heavy atom. The zero-order valence-corrected chi connectivity index (χ0v) is 13.8. The number of rotatable bonds is 9. The molecule has 1 saturated heterocycles. The molecule has 1 aromatic rings. The van der Waals surface area contributed by atoms with Crippen LogP contribution in [-0.4, -0.2) is 35.1 Å². The van der Waals surface area contributed by atoms with E-state index < -0.39 is 0 Å². The van der Waals surface area contributed by atoms with Crippen LogP contribution in [0.15, 0.2) is 12.3 Å². The van der Waals surface area contributed by atoms with E-state index >= 15 is 0 Å². The van der Waals surface area contributed by atoms with Crippen molar-refractivity contribution in [2.24, 2.45) is 0 Å². The van der Waals surface area contributed by atoms with Crippen molar-refractivity contribution in [3.05, 3.63) is 18.0 Å². The highest BCUT2D eigenvalue weighted by molar-refractivity contribution is 5.02.